The zero-order valence-corrected chi connectivity index (χ0v) is 16.7. The molecule has 2 aliphatic rings. The minimum Gasteiger partial charge on any atom is -0.492 e. The fourth-order valence-corrected chi connectivity index (χ4v) is 4.59. The van der Waals surface area contributed by atoms with E-state index < -0.39 is 0 Å². The third-order valence-electron chi connectivity index (χ3n) is 5.28. The van der Waals surface area contributed by atoms with Crippen molar-refractivity contribution in [1.82, 2.24) is 0 Å². The van der Waals surface area contributed by atoms with Gasteiger partial charge < -0.3 is 19.5 Å². The van der Waals surface area contributed by atoms with Crippen molar-refractivity contribution in [2.45, 2.75) is 31.9 Å². The fraction of sp³-hybridized carbons (Fsp3) is 0.429. The Morgan fingerprint density at radius 3 is 2.92 bits per heavy atom. The van der Waals surface area contributed by atoms with Crippen LogP contribution in [0.2, 0.25) is 0 Å². The van der Waals surface area contributed by atoms with Crippen LogP contribution in [-0.2, 0) is 4.74 Å². The second-order valence-electron chi connectivity index (χ2n) is 6.76. The standard InChI is InChI=1S/C21H24BrNO3/c1-3-25-18-8-4-6-15(21(18)24-2)19-14-7-5-11-26-20(14)16-12-13(22)9-10-17(16)23-19/h4,6,8-10,12,14,19-20,23H,3,5,7,11H2,1-2H3. The van der Waals surface area contributed by atoms with Crippen LogP contribution in [0.3, 0.4) is 0 Å². The molecule has 0 spiro atoms. The first-order valence-electron chi connectivity index (χ1n) is 9.20. The summed E-state index contributed by atoms with van der Waals surface area (Å²) in [6.07, 6.45) is 2.30. The Balaban J connectivity index is 1.79. The molecule has 0 aromatic heterocycles. The van der Waals surface area contributed by atoms with Crippen molar-refractivity contribution < 1.29 is 14.2 Å². The summed E-state index contributed by atoms with van der Waals surface area (Å²) in [4.78, 5) is 0. The fourth-order valence-electron chi connectivity index (χ4n) is 4.21. The molecule has 0 saturated carbocycles. The van der Waals surface area contributed by atoms with Gasteiger partial charge in [-0.05, 0) is 44.0 Å². The van der Waals surface area contributed by atoms with Crippen LogP contribution in [0, 0.1) is 5.92 Å². The van der Waals surface area contributed by atoms with Crippen molar-refractivity contribution in [3.8, 4) is 11.5 Å². The lowest BCUT2D eigenvalue weighted by Gasteiger charge is -2.43. The average Bonchev–Trinajstić information content (AvgIpc) is 2.67. The van der Waals surface area contributed by atoms with Gasteiger partial charge in [0.25, 0.3) is 0 Å². The first-order chi connectivity index (χ1) is 12.7. The molecule has 0 aliphatic carbocycles. The molecule has 2 aromatic rings. The van der Waals surface area contributed by atoms with E-state index >= 15 is 0 Å². The van der Waals surface area contributed by atoms with E-state index in [4.69, 9.17) is 14.2 Å². The van der Waals surface area contributed by atoms with Gasteiger partial charge in [-0.1, -0.05) is 28.1 Å². The van der Waals surface area contributed by atoms with Gasteiger partial charge in [-0.3, -0.25) is 0 Å². The van der Waals surface area contributed by atoms with Gasteiger partial charge in [-0.25, -0.2) is 0 Å². The lowest BCUT2D eigenvalue weighted by Crippen LogP contribution is -2.36. The molecule has 3 atom stereocenters. The van der Waals surface area contributed by atoms with Gasteiger partial charge in [0.15, 0.2) is 11.5 Å². The van der Waals surface area contributed by atoms with Gasteiger partial charge in [-0.2, -0.15) is 0 Å². The normalized spacial score (nSPS) is 24.2. The number of fused-ring (bicyclic) bond motifs is 3. The van der Waals surface area contributed by atoms with Crippen LogP contribution in [0.25, 0.3) is 0 Å². The molecule has 5 heteroatoms. The highest BCUT2D eigenvalue weighted by Gasteiger charge is 2.41. The van der Waals surface area contributed by atoms with Crippen LogP contribution in [0.15, 0.2) is 40.9 Å². The second-order valence-corrected chi connectivity index (χ2v) is 7.68. The summed E-state index contributed by atoms with van der Waals surface area (Å²) in [6, 6.07) is 12.6. The summed E-state index contributed by atoms with van der Waals surface area (Å²) in [7, 11) is 1.71. The van der Waals surface area contributed by atoms with Crippen LogP contribution in [0.4, 0.5) is 5.69 Å². The van der Waals surface area contributed by atoms with Crippen molar-refractivity contribution in [3.05, 3.63) is 52.0 Å². The summed E-state index contributed by atoms with van der Waals surface area (Å²) in [5.74, 6) is 1.97. The Labute approximate surface area is 163 Å². The van der Waals surface area contributed by atoms with Crippen LogP contribution >= 0.6 is 15.9 Å². The molecular formula is C21H24BrNO3. The van der Waals surface area contributed by atoms with Gasteiger partial charge in [0.2, 0.25) is 0 Å². The van der Waals surface area contributed by atoms with Crippen molar-refractivity contribution in [1.29, 1.82) is 0 Å². The largest absolute Gasteiger partial charge is 0.492 e. The summed E-state index contributed by atoms with van der Waals surface area (Å²) in [5.41, 5.74) is 3.50. The Bertz CT molecular complexity index is 795. The topological polar surface area (TPSA) is 39.7 Å². The van der Waals surface area contributed by atoms with E-state index in [0.717, 1.165) is 46.7 Å². The maximum absolute atomic E-state index is 6.23. The number of methoxy groups -OCH3 is 1. The molecule has 1 N–H and O–H groups in total. The first-order valence-corrected chi connectivity index (χ1v) is 9.99. The van der Waals surface area contributed by atoms with E-state index in [0.29, 0.717) is 12.5 Å². The van der Waals surface area contributed by atoms with Crippen LogP contribution in [-0.4, -0.2) is 20.3 Å². The van der Waals surface area contributed by atoms with Gasteiger partial charge >= 0.3 is 0 Å². The second kappa shape index (κ2) is 7.49. The van der Waals surface area contributed by atoms with Crippen LogP contribution in [0.1, 0.15) is 43.0 Å². The van der Waals surface area contributed by atoms with Crippen LogP contribution in [0.5, 0.6) is 11.5 Å². The Morgan fingerprint density at radius 1 is 1.23 bits per heavy atom. The molecular weight excluding hydrogens is 394 g/mol. The molecule has 0 radical (unpaired) electrons. The molecule has 138 valence electrons. The third kappa shape index (κ3) is 3.08. The molecule has 2 aromatic carbocycles. The highest BCUT2D eigenvalue weighted by Crippen LogP contribution is 2.51. The molecule has 0 bridgehead atoms. The Hall–Kier alpha value is -1.72. The lowest BCUT2D eigenvalue weighted by molar-refractivity contribution is -0.0383. The number of ether oxygens (including phenoxy) is 3. The van der Waals surface area contributed by atoms with Gasteiger partial charge in [0.1, 0.15) is 0 Å². The molecule has 4 nitrogen and oxygen atoms in total. The molecule has 1 saturated heterocycles. The zero-order valence-electron chi connectivity index (χ0n) is 15.1. The summed E-state index contributed by atoms with van der Waals surface area (Å²) >= 11 is 3.60. The van der Waals surface area contributed by atoms with E-state index in [-0.39, 0.29) is 12.1 Å². The number of para-hydroxylation sites is 1. The minimum atomic E-state index is 0.1000. The van der Waals surface area contributed by atoms with Gasteiger partial charge in [0.05, 0.1) is 25.9 Å². The minimum absolute atomic E-state index is 0.1000. The third-order valence-corrected chi connectivity index (χ3v) is 5.77. The monoisotopic (exact) mass is 417 g/mol. The van der Waals surface area contributed by atoms with Crippen molar-refractivity contribution in [3.63, 3.8) is 0 Å². The van der Waals surface area contributed by atoms with E-state index in [9.17, 15) is 0 Å². The predicted molar refractivity (Wildman–Crippen MR) is 106 cm³/mol. The number of rotatable bonds is 4. The molecule has 26 heavy (non-hydrogen) atoms. The molecule has 1 fully saturated rings. The highest BCUT2D eigenvalue weighted by molar-refractivity contribution is 9.10. The van der Waals surface area contributed by atoms with Gasteiger partial charge in [-0.15, -0.1) is 0 Å². The number of benzene rings is 2. The van der Waals surface area contributed by atoms with E-state index in [2.05, 4.69) is 45.5 Å². The SMILES string of the molecule is CCOc1cccc(C2Nc3ccc(Br)cc3C3OCCCC23)c1OC. The number of nitrogens with one attached hydrogen (secondary N) is 1. The molecule has 0 amide bonds. The molecule has 2 heterocycles. The highest BCUT2D eigenvalue weighted by atomic mass is 79.9. The number of anilines is 1. The lowest BCUT2D eigenvalue weighted by atomic mass is 9.77. The van der Waals surface area contributed by atoms with Crippen LogP contribution < -0.4 is 14.8 Å². The molecule has 2 aliphatic heterocycles. The van der Waals surface area contributed by atoms with Crippen molar-refractivity contribution >= 4 is 21.6 Å². The predicted octanol–water partition coefficient (Wildman–Crippen LogP) is 5.49. The first kappa shape index (κ1) is 17.7. The smallest absolute Gasteiger partial charge is 0.165 e. The van der Waals surface area contributed by atoms with Crippen molar-refractivity contribution in [2.75, 3.05) is 25.6 Å². The Kier molecular flexibility index (Phi) is 5.09. The number of hydrogen-bond acceptors (Lipinski definition) is 4. The van der Waals surface area contributed by atoms with Crippen molar-refractivity contribution in [2.24, 2.45) is 5.92 Å². The van der Waals surface area contributed by atoms with E-state index in [1.54, 1.807) is 7.11 Å². The van der Waals surface area contributed by atoms with Gasteiger partial charge in [0, 0.05) is 33.8 Å². The number of hydrogen-bond donors (Lipinski definition) is 1. The average molecular weight is 418 g/mol. The Morgan fingerprint density at radius 2 is 2.12 bits per heavy atom. The quantitative estimate of drug-likeness (QED) is 0.713. The van der Waals surface area contributed by atoms with E-state index in [1.165, 1.54) is 5.56 Å². The van der Waals surface area contributed by atoms with E-state index in [1.807, 2.05) is 19.1 Å². The zero-order chi connectivity index (χ0) is 18.1. The summed E-state index contributed by atoms with van der Waals surface area (Å²) in [5, 5.41) is 3.75. The summed E-state index contributed by atoms with van der Waals surface area (Å²) in [6.45, 7) is 3.42. The number of halogens is 1. The maximum Gasteiger partial charge on any atom is 0.165 e. The molecule has 3 unspecified atom stereocenters. The maximum atomic E-state index is 6.23. The molecule has 4 rings (SSSR count). The summed E-state index contributed by atoms with van der Waals surface area (Å²) < 4.78 is 18.9.